The van der Waals surface area contributed by atoms with Crippen molar-refractivity contribution in [2.24, 2.45) is 7.05 Å². The zero-order valence-electron chi connectivity index (χ0n) is 7.16. The molecule has 13 heavy (non-hydrogen) atoms. The van der Waals surface area contributed by atoms with Crippen LogP contribution in [-0.4, -0.2) is 14.9 Å². The third-order valence-corrected chi connectivity index (χ3v) is 2.05. The molecule has 0 atom stereocenters. The molecule has 0 saturated heterocycles. The van der Waals surface area contributed by atoms with Gasteiger partial charge in [-0.05, 0) is 6.07 Å². The Labute approximate surface area is 74.4 Å². The molecule has 1 heterocycles. The highest BCUT2D eigenvalue weighted by Crippen LogP contribution is 2.26. The molecular weight excluding hydrogens is 171 g/mol. The molecule has 1 aromatic carbocycles. The number of aromatic nitrogens is 2. The Morgan fingerprint density at radius 3 is 3.00 bits per heavy atom. The second-order valence-corrected chi connectivity index (χ2v) is 2.88. The van der Waals surface area contributed by atoms with Crippen LogP contribution in [0.15, 0.2) is 18.2 Å². The predicted molar refractivity (Wildman–Crippen MR) is 47.2 cm³/mol. The van der Waals surface area contributed by atoms with E-state index in [1.54, 1.807) is 25.2 Å². The van der Waals surface area contributed by atoms with Gasteiger partial charge in [-0.25, -0.2) is 4.39 Å². The van der Waals surface area contributed by atoms with E-state index in [4.69, 9.17) is 0 Å². The summed E-state index contributed by atoms with van der Waals surface area (Å²) < 4.78 is 13.9. The van der Waals surface area contributed by atoms with E-state index in [0.29, 0.717) is 16.6 Å². The summed E-state index contributed by atoms with van der Waals surface area (Å²) in [5.41, 5.74) is 0.948. The molecule has 0 fully saturated rings. The van der Waals surface area contributed by atoms with Crippen LogP contribution < -0.4 is 0 Å². The molecule has 0 unspecified atom stereocenters. The number of phenols is 1. The molecule has 0 aliphatic heterocycles. The maximum absolute atomic E-state index is 12.4. The molecule has 0 spiro atoms. The minimum absolute atomic E-state index is 0.132. The van der Waals surface area contributed by atoms with Crippen molar-refractivity contribution in [2.45, 2.75) is 6.67 Å². The van der Waals surface area contributed by atoms with Crippen molar-refractivity contribution in [3.8, 4) is 5.75 Å². The van der Waals surface area contributed by atoms with E-state index in [1.165, 1.54) is 4.68 Å². The Morgan fingerprint density at radius 1 is 1.54 bits per heavy atom. The molecule has 4 heteroatoms. The predicted octanol–water partition coefficient (Wildman–Crippen LogP) is 1.75. The van der Waals surface area contributed by atoms with Gasteiger partial charge in [-0.15, -0.1) is 0 Å². The lowest BCUT2D eigenvalue weighted by molar-refractivity contribution is 0.471. The molecule has 0 amide bonds. The van der Waals surface area contributed by atoms with E-state index in [1.807, 2.05) is 0 Å². The Morgan fingerprint density at radius 2 is 2.31 bits per heavy atom. The second kappa shape index (κ2) is 2.73. The van der Waals surface area contributed by atoms with Crippen LogP contribution in [0.4, 0.5) is 4.39 Å². The highest BCUT2D eigenvalue weighted by Gasteiger charge is 2.10. The van der Waals surface area contributed by atoms with Gasteiger partial charge in [0.1, 0.15) is 23.6 Å². The lowest BCUT2D eigenvalue weighted by atomic mass is 10.2. The second-order valence-electron chi connectivity index (χ2n) is 2.88. The average Bonchev–Trinajstić information content (AvgIpc) is 2.44. The summed E-state index contributed by atoms with van der Waals surface area (Å²) in [5.74, 6) is 0.132. The summed E-state index contributed by atoms with van der Waals surface area (Å²) in [5, 5.41) is 14.1. The number of hydrogen-bond acceptors (Lipinski definition) is 2. The monoisotopic (exact) mass is 180 g/mol. The summed E-state index contributed by atoms with van der Waals surface area (Å²) in [4.78, 5) is 0. The smallest absolute Gasteiger partial charge is 0.141 e. The molecule has 0 radical (unpaired) electrons. The van der Waals surface area contributed by atoms with Crippen LogP contribution in [0.2, 0.25) is 0 Å². The van der Waals surface area contributed by atoms with Crippen molar-refractivity contribution < 1.29 is 9.50 Å². The fourth-order valence-corrected chi connectivity index (χ4v) is 1.49. The van der Waals surface area contributed by atoms with Crippen LogP contribution in [0.5, 0.6) is 5.75 Å². The summed E-state index contributed by atoms with van der Waals surface area (Å²) >= 11 is 0. The van der Waals surface area contributed by atoms with E-state index in [9.17, 15) is 9.50 Å². The molecule has 3 nitrogen and oxygen atoms in total. The summed E-state index contributed by atoms with van der Waals surface area (Å²) in [6.07, 6.45) is 0. The number of halogens is 1. The lowest BCUT2D eigenvalue weighted by Gasteiger charge is -1.96. The fraction of sp³-hybridized carbons (Fsp3) is 0.222. The summed E-state index contributed by atoms with van der Waals surface area (Å²) in [6, 6.07) is 4.99. The summed E-state index contributed by atoms with van der Waals surface area (Å²) in [6.45, 7) is -0.610. The first-order chi connectivity index (χ1) is 6.24. The number of alkyl halides is 1. The lowest BCUT2D eigenvalue weighted by Crippen LogP contribution is -1.90. The van der Waals surface area contributed by atoms with Crippen molar-refractivity contribution in [3.05, 3.63) is 23.9 Å². The number of rotatable bonds is 1. The zero-order valence-corrected chi connectivity index (χ0v) is 7.16. The number of phenolic OH excluding ortho intramolecular Hbond substituents is 1. The van der Waals surface area contributed by atoms with Gasteiger partial charge in [0.05, 0.1) is 0 Å². The van der Waals surface area contributed by atoms with E-state index in [-0.39, 0.29) is 5.75 Å². The Kier molecular flexibility index (Phi) is 1.69. The molecule has 2 aromatic rings. The van der Waals surface area contributed by atoms with Gasteiger partial charge in [-0.3, -0.25) is 4.68 Å². The van der Waals surface area contributed by atoms with E-state index in [0.717, 1.165) is 0 Å². The molecule has 68 valence electrons. The quantitative estimate of drug-likeness (QED) is 0.726. The first-order valence-corrected chi connectivity index (χ1v) is 3.93. The SMILES string of the molecule is Cn1nc(CF)c2cccc(O)c21. The molecule has 1 N–H and O–H groups in total. The van der Waals surface area contributed by atoms with Gasteiger partial charge in [-0.2, -0.15) is 5.10 Å². The first-order valence-electron chi connectivity index (χ1n) is 3.93. The van der Waals surface area contributed by atoms with Gasteiger partial charge in [0.2, 0.25) is 0 Å². The number of benzene rings is 1. The van der Waals surface area contributed by atoms with Crippen molar-refractivity contribution >= 4 is 10.9 Å². The number of para-hydroxylation sites is 1. The van der Waals surface area contributed by atoms with Gasteiger partial charge in [0, 0.05) is 12.4 Å². The van der Waals surface area contributed by atoms with Crippen molar-refractivity contribution in [3.63, 3.8) is 0 Å². The van der Waals surface area contributed by atoms with Gasteiger partial charge in [-0.1, -0.05) is 12.1 Å². The normalized spacial score (nSPS) is 10.9. The Bertz CT molecular complexity index is 450. The first kappa shape index (κ1) is 8.04. The molecule has 0 bridgehead atoms. The molecule has 0 aliphatic carbocycles. The van der Waals surface area contributed by atoms with E-state index >= 15 is 0 Å². The van der Waals surface area contributed by atoms with Gasteiger partial charge in [0.15, 0.2) is 0 Å². The van der Waals surface area contributed by atoms with Crippen molar-refractivity contribution in [1.82, 2.24) is 9.78 Å². The van der Waals surface area contributed by atoms with Crippen molar-refractivity contribution in [2.75, 3.05) is 0 Å². The van der Waals surface area contributed by atoms with Crippen LogP contribution in [0.1, 0.15) is 5.69 Å². The number of hydrogen-bond donors (Lipinski definition) is 1. The van der Waals surface area contributed by atoms with Gasteiger partial charge >= 0.3 is 0 Å². The molecule has 2 rings (SSSR count). The van der Waals surface area contributed by atoms with E-state index < -0.39 is 6.67 Å². The number of aromatic hydroxyl groups is 1. The molecule has 0 aliphatic rings. The van der Waals surface area contributed by atoms with Gasteiger partial charge < -0.3 is 5.11 Å². The number of nitrogens with zero attached hydrogens (tertiary/aromatic N) is 2. The minimum Gasteiger partial charge on any atom is -0.506 e. The Hall–Kier alpha value is -1.58. The third-order valence-electron chi connectivity index (χ3n) is 2.05. The van der Waals surface area contributed by atoms with E-state index in [2.05, 4.69) is 5.10 Å². The van der Waals surface area contributed by atoms with Crippen LogP contribution in [-0.2, 0) is 13.7 Å². The fourth-order valence-electron chi connectivity index (χ4n) is 1.49. The number of fused-ring (bicyclic) bond motifs is 1. The third kappa shape index (κ3) is 1.06. The molecular formula is C9H9FN2O. The molecule has 0 saturated carbocycles. The molecule has 1 aromatic heterocycles. The standard InChI is InChI=1S/C9H9FN2O/c1-12-9-6(7(5-10)11-12)3-2-4-8(9)13/h2-4,13H,5H2,1H3. The van der Waals surface area contributed by atoms with Gasteiger partial charge in [0.25, 0.3) is 0 Å². The minimum atomic E-state index is -0.610. The van der Waals surface area contributed by atoms with Crippen LogP contribution >= 0.6 is 0 Å². The largest absolute Gasteiger partial charge is 0.506 e. The average molecular weight is 180 g/mol. The van der Waals surface area contributed by atoms with Crippen LogP contribution in [0.3, 0.4) is 0 Å². The Balaban J connectivity index is 2.87. The van der Waals surface area contributed by atoms with Crippen LogP contribution in [0, 0.1) is 0 Å². The zero-order chi connectivity index (χ0) is 9.42. The van der Waals surface area contributed by atoms with Crippen molar-refractivity contribution in [1.29, 1.82) is 0 Å². The topological polar surface area (TPSA) is 38.0 Å². The highest BCUT2D eigenvalue weighted by molar-refractivity contribution is 5.86. The highest BCUT2D eigenvalue weighted by atomic mass is 19.1. The van der Waals surface area contributed by atoms with Crippen LogP contribution in [0.25, 0.3) is 10.9 Å². The summed E-state index contributed by atoms with van der Waals surface area (Å²) in [7, 11) is 1.68. The maximum atomic E-state index is 12.4. The maximum Gasteiger partial charge on any atom is 0.141 e. The number of aryl methyl sites for hydroxylation is 1.